The first kappa shape index (κ1) is 13.7. The maximum absolute atomic E-state index is 11.0. The summed E-state index contributed by atoms with van der Waals surface area (Å²) in [4.78, 5) is 21.6. The third-order valence-corrected chi connectivity index (χ3v) is 1.47. The Morgan fingerprint density at radius 3 is 2.47 bits per heavy atom. The number of carboxylic acid groups (broad SMARTS) is 1. The largest absolute Gasteiger partial charge is 0.480 e. The van der Waals surface area contributed by atoms with Crippen LogP contribution in [-0.4, -0.2) is 41.8 Å². The van der Waals surface area contributed by atoms with Gasteiger partial charge in [0.1, 0.15) is 12.6 Å². The first-order chi connectivity index (χ1) is 6.84. The van der Waals surface area contributed by atoms with Crippen LogP contribution >= 0.6 is 0 Å². The zero-order chi connectivity index (χ0) is 12.0. The Hall–Kier alpha value is -1.34. The number of carbonyl (C=O) groups is 2. The fourth-order valence-electron chi connectivity index (χ4n) is 0.764. The first-order valence-electron chi connectivity index (χ1n) is 4.34. The van der Waals surface area contributed by atoms with E-state index in [0.717, 1.165) is 0 Å². The molecule has 0 rings (SSSR count). The van der Waals surface area contributed by atoms with Crippen LogP contribution in [0.1, 0.15) is 6.92 Å². The van der Waals surface area contributed by atoms with Crippen LogP contribution in [-0.2, 0) is 14.3 Å². The molecule has 1 atom stereocenters. The van der Waals surface area contributed by atoms with E-state index in [9.17, 15) is 9.59 Å². The summed E-state index contributed by atoms with van der Waals surface area (Å²) in [6.07, 6.45) is 0. The van der Waals surface area contributed by atoms with Crippen molar-refractivity contribution in [3.63, 3.8) is 0 Å². The van der Waals surface area contributed by atoms with Crippen molar-refractivity contribution < 1.29 is 24.5 Å². The molecule has 0 aliphatic heterocycles. The maximum Gasteiger partial charge on any atom is 0.374 e. The minimum absolute atomic E-state index is 0.191. The summed E-state index contributed by atoms with van der Waals surface area (Å²) in [5.74, 6) is -1.86. The van der Waals surface area contributed by atoms with Crippen molar-refractivity contribution in [2.24, 2.45) is 0 Å². The predicted octanol–water partition coefficient (Wildman–Crippen LogP) is -0.741. The molecule has 0 aromatic carbocycles. The molecule has 15 heavy (non-hydrogen) atoms. The molecule has 0 aliphatic rings. The van der Waals surface area contributed by atoms with Gasteiger partial charge in [0, 0.05) is 5.57 Å². The summed E-state index contributed by atoms with van der Waals surface area (Å²) < 4.78 is 4.63. The zero-order valence-corrected chi connectivity index (χ0v) is 8.69. The van der Waals surface area contributed by atoms with E-state index in [1.807, 2.05) is 0 Å². The van der Waals surface area contributed by atoms with Gasteiger partial charge in [-0.05, 0) is 13.7 Å². The van der Waals surface area contributed by atoms with Gasteiger partial charge >= 0.3 is 19.0 Å². The van der Waals surface area contributed by atoms with E-state index in [-0.39, 0.29) is 12.2 Å². The number of aliphatic carboxylic acids is 1. The van der Waals surface area contributed by atoms with Crippen LogP contribution in [0.5, 0.6) is 0 Å². The Bertz CT molecular complexity index is 266. The van der Waals surface area contributed by atoms with Gasteiger partial charge in [-0.15, -0.1) is 0 Å². The summed E-state index contributed by atoms with van der Waals surface area (Å²) in [7, 11) is -0.991. The molecule has 6 nitrogen and oxygen atoms in total. The van der Waals surface area contributed by atoms with E-state index in [2.05, 4.69) is 16.5 Å². The topological polar surface area (TPSA) is 95.9 Å². The third-order valence-electron chi connectivity index (χ3n) is 1.47. The second-order valence-corrected chi connectivity index (χ2v) is 3.11. The Morgan fingerprint density at radius 2 is 2.13 bits per heavy atom. The highest BCUT2D eigenvalue weighted by Crippen LogP contribution is 1.95. The van der Waals surface area contributed by atoms with Gasteiger partial charge in [0.15, 0.2) is 0 Å². The molecule has 0 fully saturated rings. The van der Waals surface area contributed by atoms with Crippen molar-refractivity contribution in [3.8, 4) is 0 Å². The minimum Gasteiger partial charge on any atom is -0.480 e. The number of ether oxygens (including phenoxy) is 1. The SMILES string of the molecule is C=C(C)C(=O)OC[C@H](NB(C)O)C(=O)O. The van der Waals surface area contributed by atoms with Gasteiger partial charge in [-0.25, -0.2) is 4.79 Å². The van der Waals surface area contributed by atoms with Crippen LogP contribution in [0.2, 0.25) is 6.82 Å². The summed E-state index contributed by atoms with van der Waals surface area (Å²) in [5.41, 5.74) is 0.191. The van der Waals surface area contributed by atoms with Gasteiger partial charge in [0.05, 0.1) is 0 Å². The fourth-order valence-corrected chi connectivity index (χ4v) is 0.764. The van der Waals surface area contributed by atoms with Crippen molar-refractivity contribution in [2.75, 3.05) is 6.61 Å². The van der Waals surface area contributed by atoms with E-state index in [4.69, 9.17) is 10.1 Å². The predicted molar refractivity (Wildman–Crippen MR) is 54.2 cm³/mol. The van der Waals surface area contributed by atoms with Crippen LogP contribution in [0.25, 0.3) is 0 Å². The summed E-state index contributed by atoms with van der Waals surface area (Å²) in [5, 5.41) is 19.9. The van der Waals surface area contributed by atoms with Crippen LogP contribution in [0.15, 0.2) is 12.2 Å². The van der Waals surface area contributed by atoms with E-state index in [0.29, 0.717) is 0 Å². The van der Waals surface area contributed by atoms with E-state index < -0.39 is 25.0 Å². The maximum atomic E-state index is 11.0. The highest BCUT2D eigenvalue weighted by atomic mass is 16.5. The second-order valence-electron chi connectivity index (χ2n) is 3.11. The van der Waals surface area contributed by atoms with Gasteiger partial charge in [-0.1, -0.05) is 6.58 Å². The van der Waals surface area contributed by atoms with Gasteiger partial charge in [-0.2, -0.15) is 0 Å². The molecule has 0 aromatic rings. The molecule has 0 unspecified atom stereocenters. The number of nitrogens with one attached hydrogen (secondary N) is 1. The fraction of sp³-hybridized carbons (Fsp3) is 0.500. The minimum atomic E-state index is -1.20. The zero-order valence-electron chi connectivity index (χ0n) is 8.69. The van der Waals surface area contributed by atoms with E-state index in [1.54, 1.807) is 0 Å². The molecule has 84 valence electrons. The lowest BCUT2D eigenvalue weighted by atomic mass is 9.87. The first-order valence-corrected chi connectivity index (χ1v) is 4.34. The van der Waals surface area contributed by atoms with Crippen molar-refractivity contribution >= 4 is 19.0 Å². The highest BCUT2D eigenvalue weighted by molar-refractivity contribution is 6.46. The Kier molecular flexibility index (Phi) is 5.65. The number of hydrogen-bond acceptors (Lipinski definition) is 5. The van der Waals surface area contributed by atoms with Gasteiger partial charge in [0.25, 0.3) is 0 Å². The van der Waals surface area contributed by atoms with Gasteiger partial charge in [-0.3, -0.25) is 4.79 Å². The second kappa shape index (κ2) is 6.21. The van der Waals surface area contributed by atoms with E-state index >= 15 is 0 Å². The molecule has 3 N–H and O–H groups in total. The van der Waals surface area contributed by atoms with Crippen molar-refractivity contribution in [1.82, 2.24) is 5.23 Å². The number of hydrogen-bond donors (Lipinski definition) is 3. The van der Waals surface area contributed by atoms with Crippen LogP contribution < -0.4 is 5.23 Å². The van der Waals surface area contributed by atoms with Crippen molar-refractivity contribution in [1.29, 1.82) is 0 Å². The van der Waals surface area contributed by atoms with Crippen molar-refractivity contribution in [2.45, 2.75) is 19.8 Å². The molecule has 0 saturated carbocycles. The molecule has 0 amide bonds. The molecule has 0 radical (unpaired) electrons. The van der Waals surface area contributed by atoms with Gasteiger partial charge < -0.3 is 20.1 Å². The average molecular weight is 215 g/mol. The lowest BCUT2D eigenvalue weighted by Crippen LogP contribution is -2.47. The highest BCUT2D eigenvalue weighted by Gasteiger charge is 2.22. The monoisotopic (exact) mass is 215 g/mol. The average Bonchev–Trinajstić information content (AvgIpc) is 2.10. The number of carboxylic acids is 1. The summed E-state index contributed by atoms with van der Waals surface area (Å²) in [6, 6.07) is -1.13. The van der Waals surface area contributed by atoms with Crippen molar-refractivity contribution in [3.05, 3.63) is 12.2 Å². The van der Waals surface area contributed by atoms with E-state index in [1.165, 1.54) is 13.7 Å². The summed E-state index contributed by atoms with van der Waals surface area (Å²) in [6.45, 7) is 5.82. The molecule has 0 heterocycles. The molecule has 0 aromatic heterocycles. The van der Waals surface area contributed by atoms with Crippen LogP contribution in [0, 0.1) is 0 Å². The molecular weight excluding hydrogens is 201 g/mol. The Morgan fingerprint density at radius 1 is 1.60 bits per heavy atom. The lowest BCUT2D eigenvalue weighted by molar-refractivity contribution is -0.145. The molecule has 0 bridgehead atoms. The molecule has 0 aliphatic carbocycles. The Balaban J connectivity index is 4.13. The third kappa shape index (κ3) is 5.87. The summed E-state index contributed by atoms with van der Waals surface area (Å²) >= 11 is 0. The van der Waals surface area contributed by atoms with Crippen LogP contribution in [0.4, 0.5) is 0 Å². The lowest BCUT2D eigenvalue weighted by Gasteiger charge is -2.14. The molecule has 0 spiro atoms. The number of esters is 1. The smallest absolute Gasteiger partial charge is 0.374 e. The quantitative estimate of drug-likeness (QED) is 0.306. The van der Waals surface area contributed by atoms with Crippen LogP contribution in [0.3, 0.4) is 0 Å². The Labute approximate surface area is 88.1 Å². The number of carbonyl (C=O) groups excluding carboxylic acids is 1. The molecular formula is C8H14BNO5. The number of rotatable bonds is 6. The molecule has 7 heteroatoms. The van der Waals surface area contributed by atoms with Gasteiger partial charge in [0.2, 0.25) is 0 Å². The standard InChI is InChI=1S/C8H14BNO5/c1-5(2)8(13)15-4-6(7(11)12)10-9(3)14/h6,10,14H,1,4H2,2-3H3,(H,11,12)/t6-/m0/s1. The normalized spacial score (nSPS) is 11.7. The molecule has 0 saturated heterocycles.